The fraction of sp³-hybridized carbons (Fsp3) is 0.231. The molecule has 0 aromatic carbocycles. The fourth-order valence-corrected chi connectivity index (χ4v) is 1.72. The molecule has 0 fully saturated rings. The normalized spacial score (nSPS) is 10.2. The van der Waals surface area contributed by atoms with Gasteiger partial charge in [0.1, 0.15) is 11.5 Å². The van der Waals surface area contributed by atoms with Gasteiger partial charge in [-0.3, -0.25) is 4.79 Å². The van der Waals surface area contributed by atoms with Gasteiger partial charge in [0.15, 0.2) is 0 Å². The molecule has 0 bridgehead atoms. The van der Waals surface area contributed by atoms with Crippen molar-refractivity contribution in [1.82, 2.24) is 19.9 Å². The summed E-state index contributed by atoms with van der Waals surface area (Å²) < 4.78 is 1.88. The van der Waals surface area contributed by atoms with Crippen molar-refractivity contribution in [1.29, 1.82) is 0 Å². The Labute approximate surface area is 115 Å². The zero-order valence-electron chi connectivity index (χ0n) is 10.9. The van der Waals surface area contributed by atoms with Crippen LogP contribution in [0.2, 0.25) is 0 Å². The molecule has 0 radical (unpaired) electrons. The van der Waals surface area contributed by atoms with Crippen molar-refractivity contribution in [2.24, 2.45) is 7.05 Å². The maximum absolute atomic E-state index is 11.9. The summed E-state index contributed by atoms with van der Waals surface area (Å²) in [6.07, 6.45) is 5.43. The van der Waals surface area contributed by atoms with Crippen LogP contribution in [0.1, 0.15) is 26.7 Å². The van der Waals surface area contributed by atoms with E-state index in [0.29, 0.717) is 13.0 Å². The fourth-order valence-electron chi connectivity index (χ4n) is 1.72. The van der Waals surface area contributed by atoms with Crippen molar-refractivity contribution in [3.05, 3.63) is 47.8 Å². The summed E-state index contributed by atoms with van der Waals surface area (Å²) in [6, 6.07) is 2.72. The largest absolute Gasteiger partial charge is 0.477 e. The minimum Gasteiger partial charge on any atom is -0.477 e. The maximum atomic E-state index is 11.9. The zero-order chi connectivity index (χ0) is 14.5. The molecular weight excluding hydrogens is 260 g/mol. The third kappa shape index (κ3) is 3.19. The van der Waals surface area contributed by atoms with Crippen LogP contribution < -0.4 is 5.32 Å². The average molecular weight is 274 g/mol. The van der Waals surface area contributed by atoms with Crippen molar-refractivity contribution in [3.8, 4) is 0 Å². The van der Waals surface area contributed by atoms with Crippen LogP contribution in [0.5, 0.6) is 0 Å². The molecule has 2 aromatic heterocycles. The number of aryl methyl sites for hydroxylation is 1. The molecule has 2 aromatic rings. The van der Waals surface area contributed by atoms with E-state index in [1.54, 1.807) is 6.20 Å². The van der Waals surface area contributed by atoms with Crippen LogP contribution in [0.3, 0.4) is 0 Å². The number of nitrogens with zero attached hydrogens (tertiary/aromatic N) is 3. The first-order chi connectivity index (χ1) is 9.58. The van der Waals surface area contributed by atoms with Crippen LogP contribution >= 0.6 is 0 Å². The first-order valence-corrected chi connectivity index (χ1v) is 6.01. The average Bonchev–Trinajstić information content (AvgIpc) is 2.84. The number of carboxylic acids is 1. The molecule has 104 valence electrons. The van der Waals surface area contributed by atoms with E-state index in [-0.39, 0.29) is 17.2 Å². The lowest BCUT2D eigenvalue weighted by Crippen LogP contribution is -2.26. The summed E-state index contributed by atoms with van der Waals surface area (Å²) in [7, 11) is 1.88. The second kappa shape index (κ2) is 5.96. The minimum atomic E-state index is -1.16. The molecule has 7 heteroatoms. The van der Waals surface area contributed by atoms with Crippen molar-refractivity contribution in [2.45, 2.75) is 6.42 Å². The number of hydrogen-bond donors (Lipinski definition) is 2. The lowest BCUT2D eigenvalue weighted by molar-refractivity contribution is 0.0690. The second-order valence-electron chi connectivity index (χ2n) is 4.20. The number of carbonyl (C=O) groups is 2. The predicted molar refractivity (Wildman–Crippen MR) is 70.4 cm³/mol. The van der Waals surface area contributed by atoms with Crippen molar-refractivity contribution >= 4 is 11.9 Å². The highest BCUT2D eigenvalue weighted by atomic mass is 16.4. The van der Waals surface area contributed by atoms with Gasteiger partial charge in [0, 0.05) is 44.2 Å². The number of carbonyl (C=O) groups excluding carboxylic acids is 1. The zero-order valence-corrected chi connectivity index (χ0v) is 10.9. The minimum absolute atomic E-state index is 0.151. The molecule has 2 rings (SSSR count). The van der Waals surface area contributed by atoms with E-state index in [4.69, 9.17) is 5.11 Å². The quantitative estimate of drug-likeness (QED) is 0.826. The molecule has 2 heterocycles. The highest BCUT2D eigenvalue weighted by molar-refractivity contribution is 5.96. The molecule has 0 saturated heterocycles. The second-order valence-corrected chi connectivity index (χ2v) is 4.20. The molecule has 1 amide bonds. The summed E-state index contributed by atoms with van der Waals surface area (Å²) in [6.45, 7) is 0.425. The number of carboxylic acid groups (broad SMARTS) is 1. The first kappa shape index (κ1) is 13.7. The van der Waals surface area contributed by atoms with Gasteiger partial charge in [0.05, 0.1) is 0 Å². The topological polar surface area (TPSA) is 97.1 Å². The smallest absolute Gasteiger partial charge is 0.354 e. The summed E-state index contributed by atoms with van der Waals surface area (Å²) in [5.41, 5.74) is 0.124. The third-order valence-electron chi connectivity index (χ3n) is 2.80. The van der Waals surface area contributed by atoms with E-state index in [1.807, 2.05) is 17.8 Å². The highest BCUT2D eigenvalue weighted by Gasteiger charge is 2.10. The van der Waals surface area contributed by atoms with Crippen LogP contribution in [-0.2, 0) is 13.5 Å². The SMILES string of the molecule is Cn1ccnc1CCNC(=O)c1ccnc(C(=O)O)c1. The van der Waals surface area contributed by atoms with Gasteiger partial charge in [-0.05, 0) is 12.1 Å². The number of nitrogens with one attached hydrogen (secondary N) is 1. The maximum Gasteiger partial charge on any atom is 0.354 e. The van der Waals surface area contributed by atoms with Crippen LogP contribution in [0.25, 0.3) is 0 Å². The Balaban J connectivity index is 1.93. The Morgan fingerprint density at radius 2 is 2.15 bits per heavy atom. The molecule has 2 N–H and O–H groups in total. The number of amides is 1. The Morgan fingerprint density at radius 3 is 2.80 bits per heavy atom. The van der Waals surface area contributed by atoms with Gasteiger partial charge in [-0.15, -0.1) is 0 Å². The molecule has 0 spiro atoms. The summed E-state index contributed by atoms with van der Waals surface area (Å²) in [5, 5.41) is 11.5. The molecule has 0 unspecified atom stereocenters. The lowest BCUT2D eigenvalue weighted by atomic mass is 10.2. The van der Waals surface area contributed by atoms with Crippen LogP contribution in [0.4, 0.5) is 0 Å². The van der Waals surface area contributed by atoms with E-state index in [1.165, 1.54) is 18.3 Å². The number of aromatic nitrogens is 3. The highest BCUT2D eigenvalue weighted by Crippen LogP contribution is 2.02. The predicted octanol–water partition coefficient (Wildman–Crippen LogP) is 0.486. The number of aromatic carboxylic acids is 1. The van der Waals surface area contributed by atoms with Gasteiger partial charge in [0.2, 0.25) is 0 Å². The van der Waals surface area contributed by atoms with E-state index >= 15 is 0 Å². The van der Waals surface area contributed by atoms with Gasteiger partial charge < -0.3 is 15.0 Å². The third-order valence-corrected chi connectivity index (χ3v) is 2.80. The monoisotopic (exact) mass is 274 g/mol. The van der Waals surface area contributed by atoms with E-state index in [2.05, 4.69) is 15.3 Å². The number of rotatable bonds is 5. The van der Waals surface area contributed by atoms with Crippen LogP contribution in [-0.4, -0.2) is 38.1 Å². The number of hydrogen-bond acceptors (Lipinski definition) is 4. The van der Waals surface area contributed by atoms with Gasteiger partial charge in [0.25, 0.3) is 5.91 Å². The van der Waals surface area contributed by atoms with Crippen LogP contribution in [0.15, 0.2) is 30.7 Å². The summed E-state index contributed by atoms with van der Waals surface area (Å²) in [5.74, 6) is -0.622. The van der Waals surface area contributed by atoms with Gasteiger partial charge >= 0.3 is 5.97 Å². The molecule has 0 aliphatic heterocycles. The molecule has 0 saturated carbocycles. The summed E-state index contributed by atoms with van der Waals surface area (Å²) in [4.78, 5) is 30.5. The van der Waals surface area contributed by atoms with Gasteiger partial charge in [-0.2, -0.15) is 0 Å². The molecule has 0 aliphatic carbocycles. The number of imidazole rings is 1. The standard InChI is InChI=1S/C13H14N4O3/c1-17-7-6-15-11(17)3-5-16-12(18)9-2-4-14-10(8-9)13(19)20/h2,4,6-8H,3,5H2,1H3,(H,16,18)(H,19,20). The Hall–Kier alpha value is -2.70. The van der Waals surface area contributed by atoms with E-state index < -0.39 is 5.97 Å². The Bertz CT molecular complexity index is 636. The van der Waals surface area contributed by atoms with Gasteiger partial charge in [-0.1, -0.05) is 0 Å². The van der Waals surface area contributed by atoms with Gasteiger partial charge in [-0.25, -0.2) is 14.8 Å². The lowest BCUT2D eigenvalue weighted by Gasteiger charge is -2.05. The van der Waals surface area contributed by atoms with Crippen molar-refractivity contribution < 1.29 is 14.7 Å². The Morgan fingerprint density at radius 1 is 1.35 bits per heavy atom. The Kier molecular flexibility index (Phi) is 4.09. The molecule has 0 atom stereocenters. The molecule has 0 aliphatic rings. The summed E-state index contributed by atoms with van der Waals surface area (Å²) >= 11 is 0. The molecular formula is C13H14N4O3. The van der Waals surface area contributed by atoms with Crippen molar-refractivity contribution in [2.75, 3.05) is 6.54 Å². The number of pyridine rings is 1. The first-order valence-electron chi connectivity index (χ1n) is 6.01. The van der Waals surface area contributed by atoms with Crippen molar-refractivity contribution in [3.63, 3.8) is 0 Å². The molecule has 7 nitrogen and oxygen atoms in total. The molecule has 20 heavy (non-hydrogen) atoms. The van der Waals surface area contributed by atoms with E-state index in [9.17, 15) is 9.59 Å². The van der Waals surface area contributed by atoms with E-state index in [0.717, 1.165) is 5.82 Å². The van der Waals surface area contributed by atoms with Crippen LogP contribution in [0, 0.1) is 0 Å².